The first kappa shape index (κ1) is 16.7. The predicted molar refractivity (Wildman–Crippen MR) is 83.9 cm³/mol. The second kappa shape index (κ2) is 7.53. The Bertz CT molecular complexity index is 677. The SMILES string of the molecule is CCCN(CCO)S(=O)(=O)c1cnn(Cc2ccccc2)c1. The third-order valence-electron chi connectivity index (χ3n) is 3.26. The number of benzene rings is 1. The van der Waals surface area contributed by atoms with Crippen molar-refractivity contribution in [1.82, 2.24) is 14.1 Å². The lowest BCUT2D eigenvalue weighted by Crippen LogP contribution is -2.34. The number of sulfonamides is 1. The minimum absolute atomic E-state index is 0.0973. The van der Waals surface area contributed by atoms with Gasteiger partial charge in [-0.2, -0.15) is 9.40 Å². The molecule has 0 atom stereocenters. The van der Waals surface area contributed by atoms with Crippen LogP contribution in [0, 0.1) is 0 Å². The molecule has 0 aliphatic carbocycles. The minimum Gasteiger partial charge on any atom is -0.395 e. The maximum Gasteiger partial charge on any atom is 0.246 e. The number of hydrogen-bond acceptors (Lipinski definition) is 4. The van der Waals surface area contributed by atoms with E-state index in [0.717, 1.165) is 5.56 Å². The van der Waals surface area contributed by atoms with Crippen molar-refractivity contribution >= 4 is 10.0 Å². The number of hydrogen-bond donors (Lipinski definition) is 1. The number of aromatic nitrogens is 2. The van der Waals surface area contributed by atoms with Crippen molar-refractivity contribution in [3.63, 3.8) is 0 Å². The molecule has 0 aliphatic heterocycles. The highest BCUT2D eigenvalue weighted by molar-refractivity contribution is 7.89. The van der Waals surface area contributed by atoms with Crippen LogP contribution >= 0.6 is 0 Å². The van der Waals surface area contributed by atoms with Crippen molar-refractivity contribution < 1.29 is 13.5 Å². The fourth-order valence-electron chi connectivity index (χ4n) is 2.20. The van der Waals surface area contributed by atoms with Crippen LogP contribution in [-0.4, -0.2) is 47.3 Å². The molecule has 0 fully saturated rings. The molecule has 0 saturated heterocycles. The summed E-state index contributed by atoms with van der Waals surface area (Å²) < 4.78 is 28.0. The average molecular weight is 323 g/mol. The fraction of sp³-hybridized carbons (Fsp3) is 0.400. The van der Waals surface area contributed by atoms with E-state index in [9.17, 15) is 8.42 Å². The normalized spacial score (nSPS) is 12.0. The van der Waals surface area contributed by atoms with Gasteiger partial charge in [0.1, 0.15) is 4.90 Å². The van der Waals surface area contributed by atoms with Crippen molar-refractivity contribution in [3.8, 4) is 0 Å². The zero-order valence-corrected chi connectivity index (χ0v) is 13.4. The molecule has 0 aliphatic rings. The first-order valence-electron chi connectivity index (χ1n) is 7.25. The summed E-state index contributed by atoms with van der Waals surface area (Å²) >= 11 is 0. The molecular formula is C15H21N3O3S. The molecule has 0 amide bonds. The Morgan fingerprint density at radius 1 is 1.23 bits per heavy atom. The van der Waals surface area contributed by atoms with Crippen LogP contribution in [0.5, 0.6) is 0 Å². The van der Waals surface area contributed by atoms with Gasteiger partial charge in [-0.1, -0.05) is 37.3 Å². The Morgan fingerprint density at radius 2 is 1.95 bits per heavy atom. The fourth-order valence-corrected chi connectivity index (χ4v) is 3.68. The minimum atomic E-state index is -3.61. The monoisotopic (exact) mass is 323 g/mol. The predicted octanol–water partition coefficient (Wildman–Crippen LogP) is 1.32. The topological polar surface area (TPSA) is 75.4 Å². The standard InChI is InChI=1S/C15H21N3O3S/c1-2-8-18(9-10-19)22(20,21)15-11-16-17(13-15)12-14-6-4-3-5-7-14/h3-7,11,13,19H,2,8-10,12H2,1H3. The van der Waals surface area contributed by atoms with E-state index >= 15 is 0 Å². The van der Waals surface area contributed by atoms with E-state index in [4.69, 9.17) is 5.11 Å². The van der Waals surface area contributed by atoms with Gasteiger partial charge >= 0.3 is 0 Å². The molecule has 0 spiro atoms. The number of aliphatic hydroxyl groups is 1. The van der Waals surface area contributed by atoms with E-state index in [-0.39, 0.29) is 18.0 Å². The van der Waals surface area contributed by atoms with Gasteiger partial charge in [0.25, 0.3) is 0 Å². The van der Waals surface area contributed by atoms with Crippen LogP contribution in [0.3, 0.4) is 0 Å². The number of nitrogens with zero attached hydrogens (tertiary/aromatic N) is 3. The Morgan fingerprint density at radius 3 is 2.59 bits per heavy atom. The van der Waals surface area contributed by atoms with Gasteiger partial charge in [-0.3, -0.25) is 4.68 Å². The van der Waals surface area contributed by atoms with Crippen LogP contribution in [0.4, 0.5) is 0 Å². The van der Waals surface area contributed by atoms with E-state index < -0.39 is 10.0 Å². The molecular weight excluding hydrogens is 302 g/mol. The summed E-state index contributed by atoms with van der Waals surface area (Å²) in [5, 5.41) is 13.2. The third kappa shape index (κ3) is 3.94. The molecule has 2 rings (SSSR count). The first-order chi connectivity index (χ1) is 10.6. The Hall–Kier alpha value is -1.70. The molecule has 0 radical (unpaired) electrons. The Balaban J connectivity index is 2.18. The maximum atomic E-state index is 12.5. The second-order valence-corrected chi connectivity index (χ2v) is 6.92. The van der Waals surface area contributed by atoms with Crippen molar-refractivity contribution in [3.05, 3.63) is 48.3 Å². The molecule has 2 aromatic rings. The van der Waals surface area contributed by atoms with Crippen LogP contribution in [0.15, 0.2) is 47.6 Å². The molecule has 120 valence electrons. The van der Waals surface area contributed by atoms with E-state index in [1.165, 1.54) is 16.7 Å². The van der Waals surface area contributed by atoms with E-state index in [2.05, 4.69) is 5.10 Å². The van der Waals surface area contributed by atoms with Crippen molar-refractivity contribution in [2.75, 3.05) is 19.7 Å². The van der Waals surface area contributed by atoms with Gasteiger partial charge in [0.05, 0.1) is 19.3 Å². The molecule has 0 bridgehead atoms. The number of rotatable bonds is 8. The highest BCUT2D eigenvalue weighted by Gasteiger charge is 2.24. The zero-order chi connectivity index (χ0) is 16.0. The van der Waals surface area contributed by atoms with E-state index in [1.54, 1.807) is 4.68 Å². The highest BCUT2D eigenvalue weighted by Crippen LogP contribution is 2.15. The summed E-state index contributed by atoms with van der Waals surface area (Å²) in [7, 11) is -3.61. The third-order valence-corrected chi connectivity index (χ3v) is 5.11. The molecule has 22 heavy (non-hydrogen) atoms. The summed E-state index contributed by atoms with van der Waals surface area (Å²) in [6.07, 6.45) is 3.58. The summed E-state index contributed by atoms with van der Waals surface area (Å²) in [5.41, 5.74) is 1.05. The molecule has 6 nitrogen and oxygen atoms in total. The van der Waals surface area contributed by atoms with Gasteiger partial charge < -0.3 is 5.11 Å². The Kier molecular flexibility index (Phi) is 5.70. The molecule has 1 heterocycles. The lowest BCUT2D eigenvalue weighted by molar-refractivity contribution is 0.253. The van der Waals surface area contributed by atoms with Gasteiger partial charge in [0.2, 0.25) is 10.0 Å². The molecule has 1 aromatic carbocycles. The largest absolute Gasteiger partial charge is 0.395 e. The van der Waals surface area contributed by atoms with E-state index in [0.29, 0.717) is 19.5 Å². The molecule has 0 unspecified atom stereocenters. The van der Waals surface area contributed by atoms with Crippen LogP contribution in [-0.2, 0) is 16.6 Å². The molecule has 7 heteroatoms. The molecule has 0 saturated carbocycles. The van der Waals surface area contributed by atoms with Crippen LogP contribution in [0.2, 0.25) is 0 Å². The Labute approximate surface area is 131 Å². The first-order valence-corrected chi connectivity index (χ1v) is 8.69. The van der Waals surface area contributed by atoms with Gasteiger partial charge in [-0.05, 0) is 12.0 Å². The number of aliphatic hydroxyl groups excluding tert-OH is 1. The summed E-state index contributed by atoms with van der Waals surface area (Å²) in [6.45, 7) is 2.70. The van der Waals surface area contributed by atoms with Crippen LogP contribution in [0.1, 0.15) is 18.9 Å². The smallest absolute Gasteiger partial charge is 0.246 e. The van der Waals surface area contributed by atoms with Gasteiger partial charge in [0.15, 0.2) is 0 Å². The highest BCUT2D eigenvalue weighted by atomic mass is 32.2. The summed E-state index contributed by atoms with van der Waals surface area (Å²) in [4.78, 5) is 0.158. The maximum absolute atomic E-state index is 12.5. The van der Waals surface area contributed by atoms with Gasteiger partial charge in [-0.25, -0.2) is 8.42 Å². The van der Waals surface area contributed by atoms with Crippen molar-refractivity contribution in [1.29, 1.82) is 0 Å². The lowest BCUT2D eigenvalue weighted by Gasteiger charge is -2.19. The van der Waals surface area contributed by atoms with Gasteiger partial charge in [-0.15, -0.1) is 0 Å². The molecule has 1 N–H and O–H groups in total. The van der Waals surface area contributed by atoms with Crippen LogP contribution < -0.4 is 0 Å². The van der Waals surface area contributed by atoms with Crippen molar-refractivity contribution in [2.45, 2.75) is 24.8 Å². The zero-order valence-electron chi connectivity index (χ0n) is 12.6. The summed E-state index contributed by atoms with van der Waals surface area (Å²) in [6, 6.07) is 9.72. The van der Waals surface area contributed by atoms with E-state index in [1.807, 2.05) is 37.3 Å². The molecule has 1 aromatic heterocycles. The quantitative estimate of drug-likeness (QED) is 0.795. The van der Waals surface area contributed by atoms with Crippen molar-refractivity contribution in [2.24, 2.45) is 0 Å². The lowest BCUT2D eigenvalue weighted by atomic mass is 10.2. The van der Waals surface area contributed by atoms with Gasteiger partial charge in [0, 0.05) is 19.3 Å². The second-order valence-electron chi connectivity index (χ2n) is 4.99. The summed E-state index contributed by atoms with van der Waals surface area (Å²) in [5.74, 6) is 0. The van der Waals surface area contributed by atoms with Crippen LogP contribution in [0.25, 0.3) is 0 Å². The average Bonchev–Trinajstić information content (AvgIpc) is 2.97.